The first-order chi connectivity index (χ1) is 11.0. The number of benzene rings is 2. The highest BCUT2D eigenvalue weighted by molar-refractivity contribution is 5.31. The molecule has 0 heterocycles. The quantitative estimate of drug-likeness (QED) is 0.801. The maximum atomic E-state index is 12.5. The van der Waals surface area contributed by atoms with Gasteiger partial charge in [0.05, 0.1) is 11.1 Å². The molecule has 2 aromatic carbocycles. The zero-order valence-corrected chi connectivity index (χ0v) is 11.9. The Hall–Kier alpha value is -2.06. The van der Waals surface area contributed by atoms with E-state index in [0.29, 0.717) is 0 Å². The SMILES string of the molecule is OC(c1ccc(C(F)(F)F)cc1)C(O)c1ccc(C(F)(F)F)cc1. The summed E-state index contributed by atoms with van der Waals surface area (Å²) in [6.45, 7) is 0. The van der Waals surface area contributed by atoms with Gasteiger partial charge in [-0.2, -0.15) is 26.3 Å². The van der Waals surface area contributed by atoms with Gasteiger partial charge in [-0.05, 0) is 35.4 Å². The Morgan fingerprint density at radius 3 is 1.00 bits per heavy atom. The molecule has 0 saturated carbocycles. The second kappa shape index (κ2) is 6.45. The third-order valence-corrected chi connectivity index (χ3v) is 3.46. The van der Waals surface area contributed by atoms with E-state index < -0.39 is 35.7 Å². The highest BCUT2D eigenvalue weighted by Crippen LogP contribution is 2.34. The zero-order chi connectivity index (χ0) is 18.1. The highest BCUT2D eigenvalue weighted by atomic mass is 19.4. The van der Waals surface area contributed by atoms with Crippen LogP contribution in [0.5, 0.6) is 0 Å². The predicted octanol–water partition coefficient (Wildman–Crippen LogP) is 4.49. The van der Waals surface area contributed by atoms with E-state index in [4.69, 9.17) is 0 Å². The van der Waals surface area contributed by atoms with Gasteiger partial charge in [-0.15, -0.1) is 0 Å². The largest absolute Gasteiger partial charge is 0.416 e. The van der Waals surface area contributed by atoms with Gasteiger partial charge in [-0.1, -0.05) is 24.3 Å². The maximum Gasteiger partial charge on any atom is 0.416 e. The van der Waals surface area contributed by atoms with E-state index in [9.17, 15) is 36.6 Å². The minimum absolute atomic E-state index is 0.00963. The van der Waals surface area contributed by atoms with Gasteiger partial charge in [0.15, 0.2) is 0 Å². The van der Waals surface area contributed by atoms with Gasteiger partial charge in [-0.3, -0.25) is 0 Å². The number of hydrogen-bond acceptors (Lipinski definition) is 2. The average molecular weight is 350 g/mol. The lowest BCUT2D eigenvalue weighted by Gasteiger charge is -2.19. The van der Waals surface area contributed by atoms with Crippen molar-refractivity contribution in [2.75, 3.05) is 0 Å². The number of rotatable bonds is 3. The Bertz CT molecular complexity index is 612. The van der Waals surface area contributed by atoms with E-state index in [1.165, 1.54) is 0 Å². The van der Waals surface area contributed by atoms with Crippen molar-refractivity contribution >= 4 is 0 Å². The molecule has 2 aromatic rings. The molecule has 0 aliphatic rings. The molecule has 0 spiro atoms. The fourth-order valence-electron chi connectivity index (χ4n) is 2.10. The van der Waals surface area contributed by atoms with Gasteiger partial charge in [0.2, 0.25) is 0 Å². The lowest BCUT2D eigenvalue weighted by atomic mass is 9.97. The van der Waals surface area contributed by atoms with Crippen molar-refractivity contribution in [3.05, 3.63) is 70.8 Å². The van der Waals surface area contributed by atoms with Crippen molar-refractivity contribution in [1.82, 2.24) is 0 Å². The molecule has 130 valence electrons. The molecule has 2 rings (SSSR count). The second-order valence-corrected chi connectivity index (χ2v) is 5.13. The smallest absolute Gasteiger partial charge is 0.385 e. The summed E-state index contributed by atoms with van der Waals surface area (Å²) >= 11 is 0. The summed E-state index contributed by atoms with van der Waals surface area (Å²) in [7, 11) is 0. The van der Waals surface area contributed by atoms with Crippen LogP contribution in [0.15, 0.2) is 48.5 Å². The number of alkyl halides is 6. The van der Waals surface area contributed by atoms with Crippen LogP contribution in [0.1, 0.15) is 34.5 Å². The van der Waals surface area contributed by atoms with Crippen molar-refractivity contribution in [3.8, 4) is 0 Å². The number of aliphatic hydroxyl groups is 2. The van der Waals surface area contributed by atoms with Crippen LogP contribution < -0.4 is 0 Å². The third kappa shape index (κ3) is 4.07. The van der Waals surface area contributed by atoms with E-state index in [-0.39, 0.29) is 11.1 Å². The topological polar surface area (TPSA) is 40.5 Å². The molecule has 24 heavy (non-hydrogen) atoms. The summed E-state index contributed by atoms with van der Waals surface area (Å²) in [5.41, 5.74) is -1.81. The fourth-order valence-corrected chi connectivity index (χ4v) is 2.10. The molecular formula is C16H12F6O2. The van der Waals surface area contributed by atoms with E-state index in [2.05, 4.69) is 0 Å². The lowest BCUT2D eigenvalue weighted by molar-refractivity contribution is -0.138. The van der Waals surface area contributed by atoms with Crippen molar-refractivity contribution in [2.45, 2.75) is 24.6 Å². The van der Waals surface area contributed by atoms with Crippen LogP contribution in [0.25, 0.3) is 0 Å². The van der Waals surface area contributed by atoms with Crippen molar-refractivity contribution < 1.29 is 36.6 Å². The van der Waals surface area contributed by atoms with Crippen molar-refractivity contribution in [1.29, 1.82) is 0 Å². The Labute approximate surface area is 133 Å². The van der Waals surface area contributed by atoms with E-state index in [1.807, 2.05) is 0 Å². The molecular weight excluding hydrogens is 338 g/mol. The van der Waals surface area contributed by atoms with Crippen LogP contribution in [0.2, 0.25) is 0 Å². The first kappa shape index (κ1) is 18.3. The number of halogens is 6. The van der Waals surface area contributed by atoms with Crippen LogP contribution in [0.4, 0.5) is 26.3 Å². The first-order valence-electron chi connectivity index (χ1n) is 6.70. The summed E-state index contributed by atoms with van der Waals surface area (Å²) in [5.74, 6) is 0. The standard InChI is InChI=1S/C16H12F6O2/c17-15(18,19)11-5-1-9(2-6-11)13(23)14(24)10-3-7-12(8-4-10)16(20,21)22/h1-8,13-14,23-24H. The molecule has 0 saturated heterocycles. The predicted molar refractivity (Wildman–Crippen MR) is 72.8 cm³/mol. The fraction of sp³-hybridized carbons (Fsp3) is 0.250. The molecule has 2 atom stereocenters. The normalized spacial score (nSPS) is 15.2. The van der Waals surface area contributed by atoms with Gasteiger partial charge >= 0.3 is 12.4 Å². The Morgan fingerprint density at radius 2 is 0.792 bits per heavy atom. The molecule has 8 heteroatoms. The van der Waals surface area contributed by atoms with Crippen molar-refractivity contribution in [2.24, 2.45) is 0 Å². The van der Waals surface area contributed by atoms with E-state index >= 15 is 0 Å². The molecule has 2 unspecified atom stereocenters. The highest BCUT2D eigenvalue weighted by Gasteiger charge is 2.32. The monoisotopic (exact) mass is 350 g/mol. The molecule has 0 radical (unpaired) electrons. The van der Waals surface area contributed by atoms with Crippen LogP contribution in [0, 0.1) is 0 Å². The first-order valence-corrected chi connectivity index (χ1v) is 6.70. The molecule has 0 fully saturated rings. The van der Waals surface area contributed by atoms with Gasteiger partial charge in [0, 0.05) is 0 Å². The Morgan fingerprint density at radius 1 is 0.542 bits per heavy atom. The minimum Gasteiger partial charge on any atom is -0.385 e. The van der Waals surface area contributed by atoms with E-state index in [1.54, 1.807) is 0 Å². The third-order valence-electron chi connectivity index (χ3n) is 3.46. The van der Waals surface area contributed by atoms with Crippen LogP contribution >= 0.6 is 0 Å². The molecule has 0 amide bonds. The number of aliphatic hydroxyl groups excluding tert-OH is 2. The van der Waals surface area contributed by atoms with Gasteiger partial charge in [0.1, 0.15) is 12.2 Å². The lowest BCUT2D eigenvalue weighted by Crippen LogP contribution is -2.12. The molecule has 2 N–H and O–H groups in total. The zero-order valence-electron chi connectivity index (χ0n) is 11.9. The van der Waals surface area contributed by atoms with Gasteiger partial charge < -0.3 is 10.2 Å². The van der Waals surface area contributed by atoms with Gasteiger partial charge in [-0.25, -0.2) is 0 Å². The molecule has 0 aliphatic heterocycles. The summed E-state index contributed by atoms with van der Waals surface area (Å²) in [6, 6.07) is 7.00. The van der Waals surface area contributed by atoms with Crippen LogP contribution in [-0.2, 0) is 12.4 Å². The summed E-state index contributed by atoms with van der Waals surface area (Å²) < 4.78 is 74.8. The molecule has 0 aromatic heterocycles. The summed E-state index contributed by atoms with van der Waals surface area (Å²) in [4.78, 5) is 0. The molecule has 2 nitrogen and oxygen atoms in total. The van der Waals surface area contributed by atoms with Crippen LogP contribution in [-0.4, -0.2) is 10.2 Å². The Kier molecular flexibility index (Phi) is 4.91. The van der Waals surface area contributed by atoms with Gasteiger partial charge in [0.25, 0.3) is 0 Å². The molecule has 0 aliphatic carbocycles. The van der Waals surface area contributed by atoms with Crippen molar-refractivity contribution in [3.63, 3.8) is 0 Å². The second-order valence-electron chi connectivity index (χ2n) is 5.13. The summed E-state index contributed by atoms with van der Waals surface area (Å²) in [5, 5.41) is 20.0. The summed E-state index contributed by atoms with van der Waals surface area (Å²) in [6.07, 6.45) is -12.2. The average Bonchev–Trinajstić information content (AvgIpc) is 2.52. The molecule has 0 bridgehead atoms. The maximum absolute atomic E-state index is 12.5. The van der Waals surface area contributed by atoms with Crippen LogP contribution in [0.3, 0.4) is 0 Å². The Balaban J connectivity index is 2.18. The minimum atomic E-state index is -4.53. The van der Waals surface area contributed by atoms with E-state index in [0.717, 1.165) is 48.5 Å². The number of hydrogen-bond donors (Lipinski definition) is 2.